The van der Waals surface area contributed by atoms with Gasteiger partial charge in [0.2, 0.25) is 11.6 Å². The third-order valence-electron chi connectivity index (χ3n) is 3.42. The van der Waals surface area contributed by atoms with Crippen LogP contribution in [0.1, 0.15) is 22.7 Å². The van der Waals surface area contributed by atoms with E-state index in [1.165, 1.54) is 18.6 Å². The Morgan fingerprint density at radius 1 is 1.33 bits per heavy atom. The van der Waals surface area contributed by atoms with Crippen molar-refractivity contribution in [2.45, 2.75) is 18.1 Å². The number of rotatable bonds is 6. The Bertz CT molecular complexity index is 924. The largest absolute Gasteiger partial charge is 0.290 e. The van der Waals surface area contributed by atoms with Gasteiger partial charge in [0, 0.05) is 6.20 Å². The van der Waals surface area contributed by atoms with Gasteiger partial charge >= 0.3 is 0 Å². The second-order valence-electron chi connectivity index (χ2n) is 5.06. The number of nitrogens with zero attached hydrogens (tertiary/aromatic N) is 4. The highest BCUT2D eigenvalue weighted by atomic mass is 32.2. The highest BCUT2D eigenvalue weighted by molar-refractivity contribution is 7.90. The summed E-state index contributed by atoms with van der Waals surface area (Å²) in [6.45, 7) is 0. The fraction of sp³-hybridized carbons (Fsp3) is 0.214. The molecule has 0 bridgehead atoms. The molecule has 0 amide bonds. The lowest BCUT2D eigenvalue weighted by molar-refractivity contribution is -0.114. The van der Waals surface area contributed by atoms with Crippen molar-refractivity contribution < 1.29 is 18.0 Å². The van der Waals surface area contributed by atoms with Gasteiger partial charge in [-0.1, -0.05) is 24.3 Å². The number of allylic oxidation sites excluding steroid dienone is 3. The summed E-state index contributed by atoms with van der Waals surface area (Å²) in [6.07, 6.45) is 9.26. The molecular weight excluding hydrogens is 334 g/mol. The van der Waals surface area contributed by atoms with E-state index in [1.54, 1.807) is 24.3 Å². The SMILES string of the molecule is O=C(Cc1ccn(S(=O)(=O)C2C=CC=CC2)n1)C(=O)c1nc[nH]n1. The van der Waals surface area contributed by atoms with Gasteiger partial charge < -0.3 is 0 Å². The third kappa shape index (κ3) is 3.08. The summed E-state index contributed by atoms with van der Waals surface area (Å²) >= 11 is 0. The van der Waals surface area contributed by atoms with E-state index in [0.717, 1.165) is 4.09 Å². The van der Waals surface area contributed by atoms with Crippen LogP contribution in [0.2, 0.25) is 0 Å². The number of Topliss-reactive ketones (excluding diaryl/α,β-unsaturated/α-hetero) is 2. The first-order valence-electron chi connectivity index (χ1n) is 7.04. The molecule has 0 radical (unpaired) electrons. The summed E-state index contributed by atoms with van der Waals surface area (Å²) in [5.41, 5.74) is 0.183. The van der Waals surface area contributed by atoms with E-state index in [-0.39, 0.29) is 17.9 Å². The third-order valence-corrected chi connectivity index (χ3v) is 5.26. The molecule has 3 rings (SSSR count). The van der Waals surface area contributed by atoms with E-state index < -0.39 is 26.8 Å². The minimum atomic E-state index is -3.70. The van der Waals surface area contributed by atoms with Crippen LogP contribution in [0.15, 0.2) is 42.9 Å². The number of nitrogens with one attached hydrogen (secondary N) is 1. The van der Waals surface area contributed by atoms with Crippen LogP contribution < -0.4 is 0 Å². The Morgan fingerprint density at radius 3 is 2.83 bits per heavy atom. The van der Waals surface area contributed by atoms with Gasteiger partial charge in [0.1, 0.15) is 11.6 Å². The van der Waals surface area contributed by atoms with Crippen LogP contribution in [0.25, 0.3) is 0 Å². The number of hydrogen-bond acceptors (Lipinski definition) is 7. The van der Waals surface area contributed by atoms with Gasteiger partial charge in [-0.3, -0.25) is 14.7 Å². The summed E-state index contributed by atoms with van der Waals surface area (Å²) in [5, 5.41) is 9.09. The molecule has 2 heterocycles. The van der Waals surface area contributed by atoms with Crippen LogP contribution in [-0.4, -0.2) is 49.6 Å². The Morgan fingerprint density at radius 2 is 2.17 bits per heavy atom. The number of carbonyl (C=O) groups is 2. The zero-order valence-electron chi connectivity index (χ0n) is 12.4. The summed E-state index contributed by atoms with van der Waals surface area (Å²) in [6, 6.07) is 1.39. The van der Waals surface area contributed by atoms with E-state index in [9.17, 15) is 18.0 Å². The van der Waals surface area contributed by atoms with Crippen molar-refractivity contribution in [3.8, 4) is 0 Å². The first-order chi connectivity index (χ1) is 11.5. The first-order valence-corrected chi connectivity index (χ1v) is 8.54. The van der Waals surface area contributed by atoms with Crippen molar-refractivity contribution in [2.24, 2.45) is 0 Å². The minimum absolute atomic E-state index is 0.183. The van der Waals surface area contributed by atoms with Gasteiger partial charge in [0.25, 0.3) is 15.8 Å². The van der Waals surface area contributed by atoms with Crippen molar-refractivity contribution in [3.05, 3.63) is 54.4 Å². The number of aromatic nitrogens is 5. The molecule has 2 aromatic heterocycles. The van der Waals surface area contributed by atoms with Crippen molar-refractivity contribution in [2.75, 3.05) is 0 Å². The molecule has 0 saturated carbocycles. The van der Waals surface area contributed by atoms with Crippen molar-refractivity contribution >= 4 is 21.6 Å². The Kier molecular flexibility index (Phi) is 4.21. The molecular formula is C14H13N5O4S. The molecule has 0 spiro atoms. The number of carbonyl (C=O) groups excluding carboxylic acids is 2. The van der Waals surface area contributed by atoms with Crippen molar-refractivity contribution in [3.63, 3.8) is 0 Å². The average molecular weight is 347 g/mol. The molecule has 9 nitrogen and oxygen atoms in total. The van der Waals surface area contributed by atoms with Gasteiger partial charge in [0.05, 0.1) is 12.1 Å². The zero-order chi connectivity index (χ0) is 17.2. The molecule has 24 heavy (non-hydrogen) atoms. The zero-order valence-corrected chi connectivity index (χ0v) is 13.2. The standard InChI is InChI=1S/C14H13N5O4S/c20-12(13(21)14-15-9-16-17-14)8-10-6-7-19(18-10)24(22,23)11-4-2-1-3-5-11/h1-4,6-7,9,11H,5,8H2,(H,15,16,17). The van der Waals surface area contributed by atoms with E-state index in [1.807, 2.05) is 0 Å². The lowest BCUT2D eigenvalue weighted by Crippen LogP contribution is -2.27. The maximum Gasteiger partial charge on any atom is 0.267 e. The van der Waals surface area contributed by atoms with Gasteiger partial charge in [-0.2, -0.15) is 9.19 Å². The quantitative estimate of drug-likeness (QED) is 0.578. The minimum Gasteiger partial charge on any atom is -0.290 e. The molecule has 2 aromatic rings. The van der Waals surface area contributed by atoms with Gasteiger partial charge in [-0.25, -0.2) is 13.4 Å². The summed E-state index contributed by atoms with van der Waals surface area (Å²) in [5.74, 6) is -1.85. The topological polar surface area (TPSA) is 128 Å². The van der Waals surface area contributed by atoms with Crippen LogP contribution in [0.3, 0.4) is 0 Å². The van der Waals surface area contributed by atoms with Crippen LogP contribution in [0.5, 0.6) is 0 Å². The second-order valence-corrected chi connectivity index (χ2v) is 7.07. The van der Waals surface area contributed by atoms with Crippen LogP contribution in [0, 0.1) is 0 Å². The molecule has 1 aliphatic carbocycles. The Hall–Kier alpha value is -2.88. The van der Waals surface area contributed by atoms with Gasteiger partial charge in [-0.05, 0) is 12.5 Å². The molecule has 10 heteroatoms. The van der Waals surface area contributed by atoms with E-state index in [2.05, 4.69) is 20.3 Å². The molecule has 0 fully saturated rings. The molecule has 1 atom stereocenters. The lowest BCUT2D eigenvalue weighted by atomic mass is 10.1. The van der Waals surface area contributed by atoms with Crippen molar-refractivity contribution in [1.29, 1.82) is 0 Å². The smallest absolute Gasteiger partial charge is 0.267 e. The second kappa shape index (κ2) is 6.32. The predicted molar refractivity (Wildman–Crippen MR) is 82.7 cm³/mol. The van der Waals surface area contributed by atoms with Crippen molar-refractivity contribution in [1.82, 2.24) is 24.4 Å². The summed E-state index contributed by atoms with van der Waals surface area (Å²) in [4.78, 5) is 27.3. The fourth-order valence-electron chi connectivity index (χ4n) is 2.18. The Balaban J connectivity index is 1.74. The van der Waals surface area contributed by atoms with E-state index in [4.69, 9.17) is 0 Å². The first kappa shape index (κ1) is 16.0. The van der Waals surface area contributed by atoms with Crippen LogP contribution in [-0.2, 0) is 21.2 Å². The highest BCUT2D eigenvalue weighted by Gasteiger charge is 2.27. The molecule has 0 aliphatic heterocycles. The molecule has 0 aromatic carbocycles. The lowest BCUT2D eigenvalue weighted by Gasteiger charge is -2.13. The van der Waals surface area contributed by atoms with E-state index in [0.29, 0.717) is 6.42 Å². The van der Waals surface area contributed by atoms with E-state index >= 15 is 0 Å². The van der Waals surface area contributed by atoms with Gasteiger partial charge in [-0.15, -0.1) is 5.10 Å². The normalized spacial score (nSPS) is 17.1. The van der Waals surface area contributed by atoms with Crippen LogP contribution in [0.4, 0.5) is 0 Å². The molecule has 1 N–H and O–H groups in total. The monoisotopic (exact) mass is 347 g/mol. The molecule has 0 saturated heterocycles. The highest BCUT2D eigenvalue weighted by Crippen LogP contribution is 2.16. The van der Waals surface area contributed by atoms with Gasteiger partial charge in [0.15, 0.2) is 0 Å². The number of aromatic amines is 1. The molecule has 1 unspecified atom stereocenters. The number of H-pyrrole nitrogens is 1. The van der Waals surface area contributed by atoms with Crippen LogP contribution >= 0.6 is 0 Å². The summed E-state index contributed by atoms with van der Waals surface area (Å²) < 4.78 is 25.7. The predicted octanol–water partition coefficient (Wildman–Crippen LogP) is 0.0583. The molecule has 1 aliphatic rings. The maximum atomic E-state index is 12.4. The molecule has 124 valence electrons. The Labute approximate surface area is 137 Å². The average Bonchev–Trinajstić information content (AvgIpc) is 3.27. The number of ketones is 2. The number of hydrogen-bond donors (Lipinski definition) is 1. The fourth-order valence-corrected chi connectivity index (χ4v) is 3.55. The summed E-state index contributed by atoms with van der Waals surface area (Å²) in [7, 11) is -3.70. The maximum absolute atomic E-state index is 12.4.